The van der Waals surface area contributed by atoms with Gasteiger partial charge in [-0.1, -0.05) is 12.8 Å². The average Bonchev–Trinajstić information content (AvgIpc) is 2.86. The maximum absolute atomic E-state index is 11.8. The van der Waals surface area contributed by atoms with Crippen LogP contribution in [0, 0.1) is 5.92 Å². The SMILES string of the molecule is CCNC(=O)C1CC(=O)N(C2CCCC2)C1. The number of carbonyl (C=O) groups is 2. The van der Waals surface area contributed by atoms with Gasteiger partial charge in [0.05, 0.1) is 5.92 Å². The molecule has 4 heteroatoms. The third-order valence-electron chi connectivity index (χ3n) is 3.65. The molecule has 0 aromatic heterocycles. The Morgan fingerprint density at radius 1 is 1.44 bits per heavy atom. The van der Waals surface area contributed by atoms with E-state index in [1.807, 2.05) is 11.8 Å². The van der Waals surface area contributed by atoms with Gasteiger partial charge in [-0.05, 0) is 19.8 Å². The summed E-state index contributed by atoms with van der Waals surface area (Å²) >= 11 is 0. The summed E-state index contributed by atoms with van der Waals surface area (Å²) in [5.74, 6) is 0.0903. The van der Waals surface area contributed by atoms with Crippen molar-refractivity contribution in [2.45, 2.75) is 45.1 Å². The van der Waals surface area contributed by atoms with E-state index in [1.165, 1.54) is 12.8 Å². The predicted octanol–water partition coefficient (Wildman–Crippen LogP) is 0.914. The average molecular weight is 224 g/mol. The third-order valence-corrected chi connectivity index (χ3v) is 3.65. The summed E-state index contributed by atoms with van der Waals surface area (Å²) in [5, 5.41) is 2.80. The normalized spacial score (nSPS) is 26.4. The van der Waals surface area contributed by atoms with Crippen molar-refractivity contribution < 1.29 is 9.59 Å². The zero-order chi connectivity index (χ0) is 11.5. The number of hydrogen-bond acceptors (Lipinski definition) is 2. The Balaban J connectivity index is 1.93. The van der Waals surface area contributed by atoms with Crippen LogP contribution in [0.15, 0.2) is 0 Å². The summed E-state index contributed by atoms with van der Waals surface area (Å²) in [5.41, 5.74) is 0. The van der Waals surface area contributed by atoms with Gasteiger partial charge in [0.15, 0.2) is 0 Å². The molecule has 1 saturated carbocycles. The summed E-state index contributed by atoms with van der Waals surface area (Å²) in [6, 6.07) is 0.409. The highest BCUT2D eigenvalue weighted by atomic mass is 16.2. The molecule has 16 heavy (non-hydrogen) atoms. The zero-order valence-corrected chi connectivity index (χ0v) is 9.87. The van der Waals surface area contributed by atoms with E-state index in [-0.39, 0.29) is 17.7 Å². The van der Waals surface area contributed by atoms with Gasteiger partial charge in [0.2, 0.25) is 11.8 Å². The standard InChI is InChI=1S/C12H20N2O2/c1-2-13-12(16)9-7-11(15)14(8-9)10-5-3-4-6-10/h9-10H,2-8H2,1H3,(H,13,16). The van der Waals surface area contributed by atoms with Gasteiger partial charge in [-0.3, -0.25) is 9.59 Å². The highest BCUT2D eigenvalue weighted by Crippen LogP contribution is 2.29. The van der Waals surface area contributed by atoms with E-state index in [4.69, 9.17) is 0 Å². The highest BCUT2D eigenvalue weighted by Gasteiger charge is 2.38. The van der Waals surface area contributed by atoms with Gasteiger partial charge in [0, 0.05) is 25.6 Å². The first-order valence-electron chi connectivity index (χ1n) is 6.29. The van der Waals surface area contributed by atoms with E-state index in [9.17, 15) is 9.59 Å². The maximum atomic E-state index is 11.8. The molecule has 1 atom stereocenters. The first-order valence-corrected chi connectivity index (χ1v) is 6.29. The molecule has 1 N–H and O–H groups in total. The molecule has 1 aliphatic heterocycles. The molecular formula is C12H20N2O2. The molecule has 1 unspecified atom stereocenters. The first-order chi connectivity index (χ1) is 7.72. The predicted molar refractivity (Wildman–Crippen MR) is 60.8 cm³/mol. The first kappa shape index (κ1) is 11.4. The van der Waals surface area contributed by atoms with Gasteiger partial charge in [-0.15, -0.1) is 0 Å². The Labute approximate surface area is 96.4 Å². The lowest BCUT2D eigenvalue weighted by Gasteiger charge is -2.23. The van der Waals surface area contributed by atoms with Crippen molar-refractivity contribution in [2.24, 2.45) is 5.92 Å². The van der Waals surface area contributed by atoms with Crippen LogP contribution in [0.5, 0.6) is 0 Å². The van der Waals surface area contributed by atoms with Crippen molar-refractivity contribution in [2.75, 3.05) is 13.1 Å². The molecule has 1 aliphatic carbocycles. The van der Waals surface area contributed by atoms with Crippen LogP contribution in [-0.4, -0.2) is 35.8 Å². The summed E-state index contributed by atoms with van der Waals surface area (Å²) in [6.07, 6.45) is 5.09. The fourth-order valence-electron chi connectivity index (χ4n) is 2.79. The van der Waals surface area contributed by atoms with Crippen LogP contribution < -0.4 is 5.32 Å². The van der Waals surface area contributed by atoms with E-state index in [0.717, 1.165) is 12.8 Å². The number of likely N-dealkylation sites (tertiary alicyclic amines) is 1. The molecule has 4 nitrogen and oxygen atoms in total. The smallest absolute Gasteiger partial charge is 0.225 e. The Morgan fingerprint density at radius 3 is 2.75 bits per heavy atom. The van der Waals surface area contributed by atoms with Crippen molar-refractivity contribution in [3.8, 4) is 0 Å². The van der Waals surface area contributed by atoms with E-state index in [2.05, 4.69) is 5.32 Å². The van der Waals surface area contributed by atoms with Crippen LogP contribution in [0.3, 0.4) is 0 Å². The van der Waals surface area contributed by atoms with Gasteiger partial charge in [0.25, 0.3) is 0 Å². The molecule has 90 valence electrons. The summed E-state index contributed by atoms with van der Waals surface area (Å²) < 4.78 is 0. The number of nitrogens with one attached hydrogen (secondary N) is 1. The second-order valence-electron chi connectivity index (χ2n) is 4.78. The maximum Gasteiger partial charge on any atom is 0.225 e. The van der Waals surface area contributed by atoms with Crippen molar-refractivity contribution in [3.63, 3.8) is 0 Å². The van der Waals surface area contributed by atoms with Crippen LogP contribution in [0.25, 0.3) is 0 Å². The molecule has 0 radical (unpaired) electrons. The van der Waals surface area contributed by atoms with Crippen molar-refractivity contribution in [1.82, 2.24) is 10.2 Å². The molecule has 1 heterocycles. The van der Waals surface area contributed by atoms with E-state index < -0.39 is 0 Å². The zero-order valence-electron chi connectivity index (χ0n) is 9.87. The van der Waals surface area contributed by atoms with Crippen molar-refractivity contribution in [3.05, 3.63) is 0 Å². The lowest BCUT2D eigenvalue weighted by atomic mass is 10.1. The Hall–Kier alpha value is -1.06. The topological polar surface area (TPSA) is 49.4 Å². The number of hydrogen-bond donors (Lipinski definition) is 1. The number of rotatable bonds is 3. The molecule has 2 aliphatic rings. The molecule has 0 aromatic carbocycles. The van der Waals surface area contributed by atoms with Gasteiger partial charge >= 0.3 is 0 Å². The number of carbonyl (C=O) groups excluding carboxylic acids is 2. The lowest BCUT2D eigenvalue weighted by molar-refractivity contribution is -0.130. The lowest BCUT2D eigenvalue weighted by Crippen LogP contribution is -2.36. The minimum Gasteiger partial charge on any atom is -0.356 e. The number of amides is 2. The van der Waals surface area contributed by atoms with Crippen molar-refractivity contribution in [1.29, 1.82) is 0 Å². The van der Waals surface area contributed by atoms with Gasteiger partial charge in [0.1, 0.15) is 0 Å². The van der Waals surface area contributed by atoms with E-state index in [0.29, 0.717) is 25.6 Å². The molecule has 2 fully saturated rings. The van der Waals surface area contributed by atoms with Crippen LogP contribution in [0.1, 0.15) is 39.0 Å². The summed E-state index contributed by atoms with van der Waals surface area (Å²) in [7, 11) is 0. The molecule has 2 rings (SSSR count). The monoisotopic (exact) mass is 224 g/mol. The minimum absolute atomic E-state index is 0.0383. The van der Waals surface area contributed by atoms with Crippen LogP contribution >= 0.6 is 0 Å². The van der Waals surface area contributed by atoms with Crippen LogP contribution in [0.4, 0.5) is 0 Å². The second kappa shape index (κ2) is 4.85. The molecule has 1 saturated heterocycles. The molecule has 0 aromatic rings. The van der Waals surface area contributed by atoms with Crippen LogP contribution in [-0.2, 0) is 9.59 Å². The van der Waals surface area contributed by atoms with E-state index >= 15 is 0 Å². The number of nitrogens with zero attached hydrogens (tertiary/aromatic N) is 1. The third kappa shape index (κ3) is 2.20. The Bertz CT molecular complexity index is 285. The van der Waals surface area contributed by atoms with Gasteiger partial charge < -0.3 is 10.2 Å². The highest BCUT2D eigenvalue weighted by molar-refractivity contribution is 5.89. The Morgan fingerprint density at radius 2 is 2.12 bits per heavy atom. The van der Waals surface area contributed by atoms with E-state index in [1.54, 1.807) is 0 Å². The second-order valence-corrected chi connectivity index (χ2v) is 4.78. The van der Waals surface area contributed by atoms with Crippen LogP contribution in [0.2, 0.25) is 0 Å². The Kier molecular flexibility index (Phi) is 3.46. The molecule has 2 amide bonds. The summed E-state index contributed by atoms with van der Waals surface area (Å²) in [4.78, 5) is 25.4. The quantitative estimate of drug-likeness (QED) is 0.774. The molecular weight excluding hydrogens is 204 g/mol. The summed E-state index contributed by atoms with van der Waals surface area (Å²) in [6.45, 7) is 3.19. The van der Waals surface area contributed by atoms with Crippen molar-refractivity contribution >= 4 is 11.8 Å². The van der Waals surface area contributed by atoms with Gasteiger partial charge in [-0.25, -0.2) is 0 Å². The molecule has 0 bridgehead atoms. The largest absolute Gasteiger partial charge is 0.356 e. The fourth-order valence-corrected chi connectivity index (χ4v) is 2.79. The van der Waals surface area contributed by atoms with Gasteiger partial charge in [-0.2, -0.15) is 0 Å². The minimum atomic E-state index is -0.118. The molecule has 0 spiro atoms. The fraction of sp³-hybridized carbons (Fsp3) is 0.833.